The Labute approximate surface area is 180 Å². The van der Waals surface area contributed by atoms with Crippen LogP contribution >= 0.6 is 0 Å². The van der Waals surface area contributed by atoms with Gasteiger partial charge in [0, 0.05) is 31.6 Å². The summed E-state index contributed by atoms with van der Waals surface area (Å²) in [6.45, 7) is 1.65. The molecule has 2 aromatic carbocycles. The van der Waals surface area contributed by atoms with Crippen molar-refractivity contribution < 1.29 is 13.2 Å². The molecule has 0 aliphatic carbocycles. The summed E-state index contributed by atoms with van der Waals surface area (Å²) in [5, 5.41) is 0. The summed E-state index contributed by atoms with van der Waals surface area (Å²) in [7, 11) is 0. The van der Waals surface area contributed by atoms with E-state index in [1.165, 1.54) is 12.1 Å². The minimum Gasteiger partial charge on any atom is -0.306 e. The van der Waals surface area contributed by atoms with E-state index in [0.717, 1.165) is 28.9 Å². The molecule has 6 nitrogen and oxygen atoms in total. The Morgan fingerprint density at radius 3 is 2.50 bits per heavy atom. The van der Waals surface area contributed by atoms with Crippen molar-refractivity contribution in [3.05, 3.63) is 87.6 Å². The predicted molar refractivity (Wildman–Crippen MR) is 113 cm³/mol. The molecule has 0 unspecified atom stereocenters. The van der Waals surface area contributed by atoms with Crippen LogP contribution in [-0.4, -0.2) is 31.4 Å². The number of halogens is 3. The summed E-state index contributed by atoms with van der Waals surface area (Å²) in [4.78, 5) is 31.2. The fourth-order valence-corrected chi connectivity index (χ4v) is 3.87. The smallest absolute Gasteiger partial charge is 0.306 e. The standard InChI is InChI=1S/C23H18F3N5O/c24-23(25,26)15-7-5-14(6-8-15)21-29-18-9-10-31(13-17(18)22(32)30-21)12-16-11-27-19-3-1-2-4-20(19)28-16/h1-8,11H,9-10,12-13H2,(H,29,30,32). The van der Waals surface area contributed by atoms with E-state index in [-0.39, 0.29) is 11.4 Å². The average Bonchev–Trinajstić information content (AvgIpc) is 2.79. The second-order valence-electron chi connectivity index (χ2n) is 7.73. The number of H-pyrrole nitrogens is 1. The van der Waals surface area contributed by atoms with Gasteiger partial charge in [-0.25, -0.2) is 9.97 Å². The molecule has 0 amide bonds. The number of para-hydroxylation sites is 2. The van der Waals surface area contributed by atoms with E-state index in [9.17, 15) is 18.0 Å². The lowest BCUT2D eigenvalue weighted by atomic mass is 10.1. The normalized spacial score (nSPS) is 14.5. The van der Waals surface area contributed by atoms with E-state index < -0.39 is 11.7 Å². The molecule has 0 radical (unpaired) electrons. The van der Waals surface area contributed by atoms with Crippen LogP contribution in [0.4, 0.5) is 13.2 Å². The van der Waals surface area contributed by atoms with Gasteiger partial charge in [-0.05, 0) is 24.3 Å². The van der Waals surface area contributed by atoms with Gasteiger partial charge < -0.3 is 4.98 Å². The van der Waals surface area contributed by atoms with Crippen LogP contribution in [0, 0.1) is 0 Å². The Kier molecular flexibility index (Phi) is 4.97. The molecule has 0 fully saturated rings. The summed E-state index contributed by atoms with van der Waals surface area (Å²) in [5.41, 5.74) is 3.13. The predicted octanol–water partition coefficient (Wildman–Crippen LogP) is 3.96. The molecule has 1 N–H and O–H groups in total. The number of alkyl halides is 3. The summed E-state index contributed by atoms with van der Waals surface area (Å²) in [5.74, 6) is 0.274. The second kappa shape index (κ2) is 7.83. The van der Waals surface area contributed by atoms with Gasteiger partial charge in [-0.15, -0.1) is 0 Å². The van der Waals surface area contributed by atoms with Crippen molar-refractivity contribution in [2.75, 3.05) is 6.54 Å². The number of hydrogen-bond donors (Lipinski definition) is 1. The molecule has 4 aromatic rings. The Bertz CT molecular complexity index is 1350. The number of rotatable bonds is 3. The van der Waals surface area contributed by atoms with Crippen LogP contribution in [0.2, 0.25) is 0 Å². The molecule has 3 heterocycles. The van der Waals surface area contributed by atoms with Gasteiger partial charge in [-0.3, -0.25) is 14.7 Å². The number of fused-ring (bicyclic) bond motifs is 2. The summed E-state index contributed by atoms with van der Waals surface area (Å²) >= 11 is 0. The van der Waals surface area contributed by atoms with E-state index in [1.54, 1.807) is 6.20 Å². The topological polar surface area (TPSA) is 74.8 Å². The Hall–Kier alpha value is -3.59. The van der Waals surface area contributed by atoms with E-state index in [4.69, 9.17) is 0 Å². The third kappa shape index (κ3) is 3.99. The average molecular weight is 437 g/mol. The number of aromatic nitrogens is 4. The molecule has 32 heavy (non-hydrogen) atoms. The summed E-state index contributed by atoms with van der Waals surface area (Å²) < 4.78 is 38.4. The number of hydrogen-bond acceptors (Lipinski definition) is 5. The van der Waals surface area contributed by atoms with Crippen molar-refractivity contribution in [3.63, 3.8) is 0 Å². The maximum Gasteiger partial charge on any atom is 0.416 e. The molecule has 5 rings (SSSR count). The number of aromatic amines is 1. The molecule has 0 atom stereocenters. The van der Waals surface area contributed by atoms with Crippen LogP contribution in [0.1, 0.15) is 22.5 Å². The minimum absolute atomic E-state index is 0.274. The van der Waals surface area contributed by atoms with Gasteiger partial charge in [-0.1, -0.05) is 24.3 Å². The lowest BCUT2D eigenvalue weighted by Crippen LogP contribution is -2.35. The zero-order chi connectivity index (χ0) is 22.3. The highest BCUT2D eigenvalue weighted by molar-refractivity contribution is 5.73. The number of nitrogens with one attached hydrogen (secondary N) is 1. The fraction of sp³-hybridized carbons (Fsp3) is 0.217. The molecule has 162 valence electrons. The third-order valence-electron chi connectivity index (χ3n) is 5.52. The van der Waals surface area contributed by atoms with Gasteiger partial charge in [0.1, 0.15) is 5.82 Å². The van der Waals surface area contributed by atoms with Crippen molar-refractivity contribution in [2.24, 2.45) is 0 Å². The first kappa shape index (κ1) is 20.3. The van der Waals surface area contributed by atoms with E-state index in [2.05, 4.69) is 24.8 Å². The maximum atomic E-state index is 12.8. The molecule has 0 bridgehead atoms. The van der Waals surface area contributed by atoms with Crippen molar-refractivity contribution in [1.29, 1.82) is 0 Å². The van der Waals surface area contributed by atoms with Crippen LogP contribution in [0.3, 0.4) is 0 Å². The SMILES string of the molecule is O=c1[nH]c(-c2ccc(C(F)(F)F)cc2)nc2c1CN(Cc1cnc3ccccc3n1)CC2. The Morgan fingerprint density at radius 2 is 1.75 bits per heavy atom. The molecule has 1 aliphatic rings. The molecule has 0 saturated heterocycles. The highest BCUT2D eigenvalue weighted by Gasteiger charge is 2.30. The van der Waals surface area contributed by atoms with Gasteiger partial charge in [0.05, 0.1) is 39.7 Å². The molecular weight excluding hydrogens is 419 g/mol. The van der Waals surface area contributed by atoms with Crippen molar-refractivity contribution in [2.45, 2.75) is 25.7 Å². The van der Waals surface area contributed by atoms with E-state index in [0.29, 0.717) is 42.9 Å². The molecule has 1 aliphatic heterocycles. The summed E-state index contributed by atoms with van der Waals surface area (Å²) in [6.07, 6.45) is -2.10. The highest BCUT2D eigenvalue weighted by atomic mass is 19.4. The molecule has 0 saturated carbocycles. The van der Waals surface area contributed by atoms with Crippen LogP contribution < -0.4 is 5.56 Å². The van der Waals surface area contributed by atoms with Crippen molar-refractivity contribution >= 4 is 11.0 Å². The monoisotopic (exact) mass is 437 g/mol. The number of benzene rings is 2. The molecular formula is C23H18F3N5O. The van der Waals surface area contributed by atoms with Gasteiger partial charge in [0.15, 0.2) is 0 Å². The van der Waals surface area contributed by atoms with Crippen LogP contribution in [0.15, 0.2) is 59.5 Å². The molecule has 9 heteroatoms. The van der Waals surface area contributed by atoms with Crippen molar-refractivity contribution in [3.8, 4) is 11.4 Å². The van der Waals surface area contributed by atoms with Crippen LogP contribution in [-0.2, 0) is 25.7 Å². The number of nitrogens with zero attached hydrogens (tertiary/aromatic N) is 4. The van der Waals surface area contributed by atoms with Crippen LogP contribution in [0.25, 0.3) is 22.4 Å². The quantitative estimate of drug-likeness (QED) is 0.525. The van der Waals surface area contributed by atoms with E-state index >= 15 is 0 Å². The van der Waals surface area contributed by atoms with Gasteiger partial charge in [0.2, 0.25) is 0 Å². The third-order valence-corrected chi connectivity index (χ3v) is 5.52. The van der Waals surface area contributed by atoms with Crippen LogP contribution in [0.5, 0.6) is 0 Å². The largest absolute Gasteiger partial charge is 0.416 e. The first-order chi connectivity index (χ1) is 15.4. The van der Waals surface area contributed by atoms with Crippen molar-refractivity contribution in [1.82, 2.24) is 24.8 Å². The lowest BCUT2D eigenvalue weighted by molar-refractivity contribution is -0.137. The van der Waals surface area contributed by atoms with E-state index in [1.807, 2.05) is 24.3 Å². The zero-order valence-electron chi connectivity index (χ0n) is 16.9. The fourth-order valence-electron chi connectivity index (χ4n) is 3.87. The second-order valence-corrected chi connectivity index (χ2v) is 7.73. The summed E-state index contributed by atoms with van der Waals surface area (Å²) in [6, 6.07) is 12.3. The van der Waals surface area contributed by atoms with Gasteiger partial charge in [-0.2, -0.15) is 13.2 Å². The molecule has 2 aromatic heterocycles. The first-order valence-corrected chi connectivity index (χ1v) is 10.1. The zero-order valence-corrected chi connectivity index (χ0v) is 16.9. The lowest BCUT2D eigenvalue weighted by Gasteiger charge is -2.27. The van der Waals surface area contributed by atoms with Gasteiger partial charge in [0.25, 0.3) is 5.56 Å². The minimum atomic E-state index is -4.41. The highest BCUT2D eigenvalue weighted by Crippen LogP contribution is 2.30. The Balaban J connectivity index is 1.36. The molecule has 0 spiro atoms. The van der Waals surface area contributed by atoms with Gasteiger partial charge >= 0.3 is 6.18 Å². The maximum absolute atomic E-state index is 12.8. The Morgan fingerprint density at radius 1 is 1.00 bits per heavy atom. The first-order valence-electron chi connectivity index (χ1n) is 10.1.